The molecule has 2 aromatic carbocycles. The zero-order valence-electron chi connectivity index (χ0n) is 17.1. The number of para-hydroxylation sites is 1. The second-order valence-corrected chi connectivity index (χ2v) is 8.84. The maximum Gasteiger partial charge on any atom is 0.309 e. The van der Waals surface area contributed by atoms with Gasteiger partial charge >= 0.3 is 11.8 Å². The number of sulfone groups is 1. The van der Waals surface area contributed by atoms with Crippen LogP contribution in [0.4, 0.5) is 4.39 Å². The second-order valence-electron chi connectivity index (χ2n) is 6.71. The molecule has 0 fully saturated rings. The summed E-state index contributed by atoms with van der Waals surface area (Å²) >= 11 is 0. The topological polar surface area (TPSA) is 115 Å². The Hall–Kier alpha value is -3.66. The molecule has 0 saturated heterocycles. The molecule has 3 aromatic rings. The zero-order valence-corrected chi connectivity index (χ0v) is 17.9. The third kappa shape index (κ3) is 5.33. The van der Waals surface area contributed by atoms with E-state index in [0.29, 0.717) is 11.3 Å². The van der Waals surface area contributed by atoms with Crippen molar-refractivity contribution in [3.8, 4) is 5.75 Å². The number of halogens is 1. The van der Waals surface area contributed by atoms with Crippen molar-refractivity contribution in [1.29, 1.82) is 0 Å². The third-order valence-electron chi connectivity index (χ3n) is 4.66. The normalized spacial score (nSPS) is 12.1. The Kier molecular flexibility index (Phi) is 7.26. The van der Waals surface area contributed by atoms with Gasteiger partial charge in [-0.05, 0) is 42.5 Å². The van der Waals surface area contributed by atoms with Gasteiger partial charge in [0.25, 0.3) is 0 Å². The number of ether oxygens (including phenoxy) is 1. The van der Waals surface area contributed by atoms with Crippen LogP contribution in [0.2, 0.25) is 0 Å². The average Bonchev–Trinajstić information content (AvgIpc) is 3.32. The first kappa shape index (κ1) is 23.0. The van der Waals surface area contributed by atoms with E-state index in [1.807, 2.05) is 0 Å². The van der Waals surface area contributed by atoms with E-state index in [0.717, 1.165) is 24.3 Å². The number of furan rings is 1. The van der Waals surface area contributed by atoms with Crippen molar-refractivity contribution in [1.82, 2.24) is 10.6 Å². The van der Waals surface area contributed by atoms with Gasteiger partial charge in [-0.2, -0.15) is 0 Å². The number of carbonyl (C=O) groups is 2. The Labute approximate surface area is 184 Å². The second kappa shape index (κ2) is 10.1. The molecule has 0 saturated carbocycles. The van der Waals surface area contributed by atoms with Gasteiger partial charge in [-0.15, -0.1) is 0 Å². The first-order valence-electron chi connectivity index (χ1n) is 9.53. The van der Waals surface area contributed by atoms with Gasteiger partial charge in [0.1, 0.15) is 22.6 Å². The molecule has 1 heterocycles. The maximum atomic E-state index is 13.2. The molecule has 0 bridgehead atoms. The number of rotatable bonds is 8. The third-order valence-corrected chi connectivity index (χ3v) is 6.74. The van der Waals surface area contributed by atoms with Crippen LogP contribution in [-0.4, -0.2) is 33.9 Å². The molecule has 32 heavy (non-hydrogen) atoms. The lowest BCUT2D eigenvalue weighted by molar-refractivity contribution is -0.139. The Morgan fingerprint density at radius 1 is 1.00 bits per heavy atom. The molecule has 2 amide bonds. The van der Waals surface area contributed by atoms with E-state index in [1.165, 1.54) is 25.5 Å². The van der Waals surface area contributed by atoms with Crippen molar-refractivity contribution in [2.75, 3.05) is 13.7 Å². The van der Waals surface area contributed by atoms with E-state index >= 15 is 0 Å². The quantitative estimate of drug-likeness (QED) is 0.394. The van der Waals surface area contributed by atoms with E-state index < -0.39 is 39.3 Å². The van der Waals surface area contributed by atoms with Gasteiger partial charge in [0.05, 0.1) is 18.3 Å². The van der Waals surface area contributed by atoms with E-state index in [1.54, 1.807) is 24.3 Å². The minimum absolute atomic E-state index is 0.0474. The molecule has 0 aliphatic carbocycles. The summed E-state index contributed by atoms with van der Waals surface area (Å²) < 4.78 is 49.8. The summed E-state index contributed by atoms with van der Waals surface area (Å²) in [7, 11) is -2.56. The van der Waals surface area contributed by atoms with Gasteiger partial charge in [0, 0.05) is 18.7 Å². The first-order chi connectivity index (χ1) is 15.3. The predicted octanol–water partition coefficient (Wildman–Crippen LogP) is 2.37. The molecule has 3 rings (SSSR count). The van der Waals surface area contributed by atoms with Crippen molar-refractivity contribution in [3.63, 3.8) is 0 Å². The lowest BCUT2D eigenvalue weighted by atomic mass is 10.2. The minimum atomic E-state index is -4.05. The van der Waals surface area contributed by atoms with Crippen LogP contribution < -0.4 is 15.4 Å². The van der Waals surface area contributed by atoms with Gasteiger partial charge in [0.2, 0.25) is 0 Å². The Morgan fingerprint density at radius 3 is 2.34 bits per heavy atom. The van der Waals surface area contributed by atoms with Crippen LogP contribution in [0.15, 0.2) is 76.2 Å². The molecule has 10 heteroatoms. The van der Waals surface area contributed by atoms with Crippen LogP contribution in [0.5, 0.6) is 5.75 Å². The smallest absolute Gasteiger partial charge is 0.309 e. The number of benzene rings is 2. The van der Waals surface area contributed by atoms with Crippen LogP contribution in [0.3, 0.4) is 0 Å². The van der Waals surface area contributed by atoms with E-state index in [2.05, 4.69) is 10.6 Å². The highest BCUT2D eigenvalue weighted by molar-refractivity contribution is 7.91. The largest absolute Gasteiger partial charge is 0.496 e. The molecule has 1 aromatic heterocycles. The number of carbonyl (C=O) groups excluding carboxylic acids is 2. The Bertz CT molecular complexity index is 1180. The zero-order chi connectivity index (χ0) is 23.1. The van der Waals surface area contributed by atoms with Gasteiger partial charge in [0.15, 0.2) is 9.84 Å². The first-order valence-corrected chi connectivity index (χ1v) is 11.1. The van der Waals surface area contributed by atoms with Crippen LogP contribution in [0.25, 0.3) is 0 Å². The number of methoxy groups -OCH3 is 1. The summed E-state index contributed by atoms with van der Waals surface area (Å²) in [4.78, 5) is 24.3. The fourth-order valence-corrected chi connectivity index (χ4v) is 4.58. The predicted molar refractivity (Wildman–Crippen MR) is 113 cm³/mol. The van der Waals surface area contributed by atoms with Gasteiger partial charge in [-0.1, -0.05) is 18.2 Å². The summed E-state index contributed by atoms with van der Waals surface area (Å²) in [6.45, 7) is -0.375. The van der Waals surface area contributed by atoms with Crippen molar-refractivity contribution in [2.24, 2.45) is 0 Å². The summed E-state index contributed by atoms with van der Waals surface area (Å²) in [6.07, 6.45) is 1.30. The fourth-order valence-electron chi connectivity index (χ4n) is 3.00. The maximum absolute atomic E-state index is 13.2. The number of hydrogen-bond acceptors (Lipinski definition) is 6. The SMILES string of the molecule is COc1ccccc1CNC(=O)C(=O)NC[C@@H](c1ccco1)S(=O)(=O)c1ccc(F)cc1. The lowest BCUT2D eigenvalue weighted by Gasteiger charge is -2.16. The lowest BCUT2D eigenvalue weighted by Crippen LogP contribution is -2.42. The van der Waals surface area contributed by atoms with Crippen molar-refractivity contribution < 1.29 is 31.6 Å². The summed E-state index contributed by atoms with van der Waals surface area (Å²) in [5.74, 6) is -1.90. The molecule has 1 atom stereocenters. The molecule has 2 N–H and O–H groups in total. The highest BCUT2D eigenvalue weighted by atomic mass is 32.2. The minimum Gasteiger partial charge on any atom is -0.496 e. The molecule has 168 valence electrons. The molecule has 0 aliphatic rings. The highest BCUT2D eigenvalue weighted by Gasteiger charge is 2.32. The summed E-state index contributed by atoms with van der Waals surface area (Å²) in [5, 5.41) is 3.48. The van der Waals surface area contributed by atoms with Gasteiger partial charge < -0.3 is 19.8 Å². The molecular formula is C22H21FN2O6S. The van der Waals surface area contributed by atoms with Crippen LogP contribution >= 0.6 is 0 Å². The summed E-state index contributed by atoms with van der Waals surface area (Å²) in [5.41, 5.74) is 0.670. The molecule has 0 unspecified atom stereocenters. The Balaban J connectivity index is 1.69. The average molecular weight is 460 g/mol. The van der Waals surface area contributed by atoms with Crippen LogP contribution in [0, 0.1) is 5.82 Å². The van der Waals surface area contributed by atoms with Gasteiger partial charge in [-0.3, -0.25) is 9.59 Å². The number of amides is 2. The van der Waals surface area contributed by atoms with Crippen LogP contribution in [-0.2, 0) is 26.0 Å². The number of hydrogen-bond donors (Lipinski definition) is 2. The van der Waals surface area contributed by atoms with Crippen molar-refractivity contribution in [3.05, 3.63) is 84.1 Å². The molecular weight excluding hydrogens is 439 g/mol. The number of nitrogens with one attached hydrogen (secondary N) is 2. The van der Waals surface area contributed by atoms with Crippen molar-refractivity contribution in [2.45, 2.75) is 16.7 Å². The van der Waals surface area contributed by atoms with E-state index in [9.17, 15) is 22.4 Å². The van der Waals surface area contributed by atoms with E-state index in [-0.39, 0.29) is 17.2 Å². The summed E-state index contributed by atoms with van der Waals surface area (Å²) in [6, 6.07) is 14.2. The fraction of sp³-hybridized carbons (Fsp3) is 0.182. The molecule has 8 nitrogen and oxygen atoms in total. The molecule has 0 radical (unpaired) electrons. The van der Waals surface area contributed by atoms with Crippen LogP contribution in [0.1, 0.15) is 16.6 Å². The Morgan fingerprint density at radius 2 is 1.69 bits per heavy atom. The standard InChI is InChI=1S/C22H21FN2O6S/c1-30-18-6-3-2-5-15(18)13-24-21(26)22(27)25-14-20(19-7-4-12-31-19)32(28,29)17-10-8-16(23)9-11-17/h2-12,20H,13-14H2,1H3,(H,24,26)(H,25,27)/t20-/m0/s1. The molecule has 0 spiro atoms. The molecule has 0 aliphatic heterocycles. The van der Waals surface area contributed by atoms with E-state index in [4.69, 9.17) is 9.15 Å². The highest BCUT2D eigenvalue weighted by Crippen LogP contribution is 2.29. The van der Waals surface area contributed by atoms with Crippen molar-refractivity contribution >= 4 is 21.7 Å². The monoisotopic (exact) mass is 460 g/mol. The van der Waals surface area contributed by atoms with Gasteiger partial charge in [-0.25, -0.2) is 12.8 Å².